The van der Waals surface area contributed by atoms with Crippen molar-refractivity contribution in [3.63, 3.8) is 0 Å². The summed E-state index contributed by atoms with van der Waals surface area (Å²) in [5.74, 6) is -0.131. The SMILES string of the molecule is O=C(NCc1ccccc1)c1c[c]cnc1. The summed E-state index contributed by atoms with van der Waals surface area (Å²) in [6.07, 6.45) is 3.05. The predicted octanol–water partition coefficient (Wildman–Crippen LogP) is 1.81. The third-order valence-corrected chi connectivity index (χ3v) is 2.16. The lowest BCUT2D eigenvalue weighted by Gasteiger charge is -2.04. The molecule has 0 atom stereocenters. The Labute approximate surface area is 94.1 Å². The molecule has 3 heteroatoms. The molecule has 2 aromatic rings. The first-order valence-electron chi connectivity index (χ1n) is 4.99. The number of nitrogens with one attached hydrogen (secondary N) is 1. The topological polar surface area (TPSA) is 42.0 Å². The van der Waals surface area contributed by atoms with Crippen molar-refractivity contribution in [3.05, 3.63) is 66.0 Å². The maximum atomic E-state index is 11.6. The van der Waals surface area contributed by atoms with Gasteiger partial charge in [-0.2, -0.15) is 0 Å². The van der Waals surface area contributed by atoms with Crippen molar-refractivity contribution in [1.29, 1.82) is 0 Å². The highest BCUT2D eigenvalue weighted by atomic mass is 16.1. The maximum Gasteiger partial charge on any atom is 0.253 e. The summed E-state index contributed by atoms with van der Waals surface area (Å²) in [5.41, 5.74) is 1.60. The summed E-state index contributed by atoms with van der Waals surface area (Å²) in [7, 11) is 0. The normalized spacial score (nSPS) is 9.75. The Bertz CT molecular complexity index is 454. The molecule has 0 aliphatic carbocycles. The van der Waals surface area contributed by atoms with Crippen molar-refractivity contribution in [2.24, 2.45) is 0 Å². The van der Waals surface area contributed by atoms with Gasteiger partial charge in [0.1, 0.15) is 0 Å². The average Bonchev–Trinajstić information content (AvgIpc) is 2.38. The van der Waals surface area contributed by atoms with E-state index >= 15 is 0 Å². The third-order valence-electron chi connectivity index (χ3n) is 2.16. The van der Waals surface area contributed by atoms with Crippen molar-refractivity contribution < 1.29 is 4.79 Å². The van der Waals surface area contributed by atoms with Crippen molar-refractivity contribution in [1.82, 2.24) is 10.3 Å². The van der Waals surface area contributed by atoms with E-state index < -0.39 is 0 Å². The monoisotopic (exact) mass is 211 g/mol. The van der Waals surface area contributed by atoms with E-state index in [-0.39, 0.29) is 5.91 Å². The van der Waals surface area contributed by atoms with E-state index in [0.717, 1.165) is 5.56 Å². The summed E-state index contributed by atoms with van der Waals surface area (Å²) in [6.45, 7) is 0.522. The second-order valence-electron chi connectivity index (χ2n) is 3.34. The second kappa shape index (κ2) is 5.07. The minimum atomic E-state index is -0.131. The molecule has 1 N–H and O–H groups in total. The van der Waals surface area contributed by atoms with E-state index in [1.807, 2.05) is 30.3 Å². The van der Waals surface area contributed by atoms with Gasteiger partial charge in [0.2, 0.25) is 0 Å². The molecule has 0 spiro atoms. The smallest absolute Gasteiger partial charge is 0.253 e. The van der Waals surface area contributed by atoms with Crippen LogP contribution in [0.25, 0.3) is 0 Å². The summed E-state index contributed by atoms with van der Waals surface area (Å²) in [5, 5.41) is 2.82. The van der Waals surface area contributed by atoms with Crippen LogP contribution in [-0.4, -0.2) is 10.9 Å². The Morgan fingerprint density at radius 1 is 1.31 bits per heavy atom. The van der Waals surface area contributed by atoms with E-state index in [0.29, 0.717) is 12.1 Å². The van der Waals surface area contributed by atoms with Gasteiger partial charge >= 0.3 is 0 Å². The number of nitrogens with zero attached hydrogens (tertiary/aromatic N) is 1. The van der Waals surface area contributed by atoms with Gasteiger partial charge in [-0.25, -0.2) is 0 Å². The van der Waals surface area contributed by atoms with Gasteiger partial charge in [-0.05, 0) is 11.6 Å². The highest BCUT2D eigenvalue weighted by molar-refractivity contribution is 5.93. The summed E-state index contributed by atoms with van der Waals surface area (Å²) in [4.78, 5) is 15.5. The molecule has 1 aromatic carbocycles. The second-order valence-corrected chi connectivity index (χ2v) is 3.34. The lowest BCUT2D eigenvalue weighted by Crippen LogP contribution is -2.22. The van der Waals surface area contributed by atoms with Crippen molar-refractivity contribution in [3.8, 4) is 0 Å². The van der Waals surface area contributed by atoms with Crippen LogP contribution >= 0.6 is 0 Å². The van der Waals surface area contributed by atoms with E-state index in [9.17, 15) is 4.79 Å². The first-order chi connectivity index (χ1) is 7.86. The molecule has 0 aliphatic heterocycles. The Morgan fingerprint density at radius 3 is 2.81 bits per heavy atom. The zero-order valence-electron chi connectivity index (χ0n) is 8.68. The van der Waals surface area contributed by atoms with Crippen LogP contribution in [0.1, 0.15) is 15.9 Å². The lowest BCUT2D eigenvalue weighted by atomic mass is 10.2. The van der Waals surface area contributed by atoms with Crippen molar-refractivity contribution in [2.45, 2.75) is 6.54 Å². The predicted molar refractivity (Wildman–Crippen MR) is 60.7 cm³/mol. The molecule has 2 rings (SSSR count). The quantitative estimate of drug-likeness (QED) is 0.841. The number of aromatic nitrogens is 1. The van der Waals surface area contributed by atoms with Crippen LogP contribution in [-0.2, 0) is 6.54 Å². The number of pyridine rings is 1. The van der Waals surface area contributed by atoms with Crippen LogP contribution in [0.2, 0.25) is 0 Å². The Balaban J connectivity index is 1.95. The molecule has 1 heterocycles. The summed E-state index contributed by atoms with van der Waals surface area (Å²) in [6, 6.07) is 14.2. The Hall–Kier alpha value is -2.16. The van der Waals surface area contributed by atoms with E-state index in [1.165, 1.54) is 12.4 Å². The number of carbonyl (C=O) groups is 1. The summed E-state index contributed by atoms with van der Waals surface area (Å²) >= 11 is 0. The fraction of sp³-hybridized carbons (Fsp3) is 0.0769. The molecule has 1 radical (unpaired) electrons. The van der Waals surface area contributed by atoms with Gasteiger partial charge < -0.3 is 5.32 Å². The maximum absolute atomic E-state index is 11.6. The van der Waals surface area contributed by atoms with Crippen LogP contribution in [0.3, 0.4) is 0 Å². The number of hydrogen-bond acceptors (Lipinski definition) is 2. The zero-order chi connectivity index (χ0) is 11.2. The first-order valence-corrected chi connectivity index (χ1v) is 4.99. The molecule has 79 valence electrons. The summed E-state index contributed by atoms with van der Waals surface area (Å²) < 4.78 is 0. The van der Waals surface area contributed by atoms with E-state index in [2.05, 4.69) is 16.4 Å². The van der Waals surface area contributed by atoms with Gasteiger partial charge in [0.05, 0.1) is 5.56 Å². The molecule has 0 saturated heterocycles. The first kappa shape index (κ1) is 10.4. The van der Waals surface area contributed by atoms with Gasteiger partial charge in [0, 0.05) is 25.0 Å². The number of benzene rings is 1. The number of hydrogen-bond donors (Lipinski definition) is 1. The number of amides is 1. The molecule has 0 bridgehead atoms. The number of rotatable bonds is 3. The average molecular weight is 211 g/mol. The molecule has 3 nitrogen and oxygen atoms in total. The fourth-order valence-corrected chi connectivity index (χ4v) is 1.33. The highest BCUT2D eigenvalue weighted by Gasteiger charge is 2.03. The van der Waals surface area contributed by atoms with Crippen LogP contribution in [0.4, 0.5) is 0 Å². The van der Waals surface area contributed by atoms with Crippen molar-refractivity contribution >= 4 is 5.91 Å². The Kier molecular flexibility index (Phi) is 3.28. The molecule has 0 aliphatic rings. The molecular formula is C13H11N2O. The third kappa shape index (κ3) is 2.67. The minimum Gasteiger partial charge on any atom is -0.348 e. The molecule has 1 aromatic heterocycles. The van der Waals surface area contributed by atoms with E-state index in [1.54, 1.807) is 6.07 Å². The molecule has 0 saturated carbocycles. The van der Waals surface area contributed by atoms with Crippen LogP contribution in [0.15, 0.2) is 48.8 Å². The van der Waals surface area contributed by atoms with Gasteiger partial charge in [0.25, 0.3) is 5.91 Å². The minimum absolute atomic E-state index is 0.131. The van der Waals surface area contributed by atoms with Crippen LogP contribution in [0, 0.1) is 6.07 Å². The Morgan fingerprint density at radius 2 is 2.12 bits per heavy atom. The molecule has 0 unspecified atom stereocenters. The number of carbonyl (C=O) groups excluding carboxylic acids is 1. The largest absolute Gasteiger partial charge is 0.348 e. The van der Waals surface area contributed by atoms with Gasteiger partial charge in [-0.3, -0.25) is 9.78 Å². The molecule has 0 fully saturated rings. The van der Waals surface area contributed by atoms with Gasteiger partial charge in [-0.1, -0.05) is 30.3 Å². The van der Waals surface area contributed by atoms with E-state index in [4.69, 9.17) is 0 Å². The van der Waals surface area contributed by atoms with Crippen LogP contribution in [0.5, 0.6) is 0 Å². The van der Waals surface area contributed by atoms with Crippen molar-refractivity contribution in [2.75, 3.05) is 0 Å². The highest BCUT2D eigenvalue weighted by Crippen LogP contribution is 1.99. The van der Waals surface area contributed by atoms with Gasteiger partial charge in [-0.15, -0.1) is 0 Å². The standard InChI is InChI=1S/C13H11N2O/c16-13(12-7-4-8-14-10-12)15-9-11-5-2-1-3-6-11/h1-3,5-8,10H,9H2,(H,15,16). The molecule has 16 heavy (non-hydrogen) atoms. The fourth-order valence-electron chi connectivity index (χ4n) is 1.33. The molecule has 1 amide bonds. The molecular weight excluding hydrogens is 200 g/mol. The lowest BCUT2D eigenvalue weighted by molar-refractivity contribution is 0.0950. The zero-order valence-corrected chi connectivity index (χ0v) is 8.68. The van der Waals surface area contributed by atoms with Crippen LogP contribution < -0.4 is 5.32 Å². The van der Waals surface area contributed by atoms with Gasteiger partial charge in [0.15, 0.2) is 0 Å².